The van der Waals surface area contributed by atoms with Gasteiger partial charge in [-0.15, -0.1) is 0 Å². The Hall–Kier alpha value is -1.99. The summed E-state index contributed by atoms with van der Waals surface area (Å²) in [7, 11) is 0. The molecular weight excluding hydrogens is 298 g/mol. The van der Waals surface area contributed by atoms with Crippen LogP contribution in [0, 0.1) is 0 Å². The molecule has 0 aliphatic heterocycles. The number of hydrogen-bond acceptors (Lipinski definition) is 6. The number of aliphatic hydroxyl groups is 1. The van der Waals surface area contributed by atoms with Gasteiger partial charge in [0.25, 0.3) is 0 Å². The SMILES string of the molecule is CCSc1nccc(-c2cnc3nc(C(C)(C)O)ccn23)n1. The van der Waals surface area contributed by atoms with Gasteiger partial charge in [-0.3, -0.25) is 4.40 Å². The van der Waals surface area contributed by atoms with Gasteiger partial charge in [0, 0.05) is 12.4 Å². The Morgan fingerprint density at radius 3 is 2.77 bits per heavy atom. The van der Waals surface area contributed by atoms with Crippen LogP contribution in [0.3, 0.4) is 0 Å². The van der Waals surface area contributed by atoms with Gasteiger partial charge < -0.3 is 5.11 Å². The molecule has 0 spiro atoms. The largest absolute Gasteiger partial charge is 0.384 e. The van der Waals surface area contributed by atoms with E-state index in [0.29, 0.717) is 11.5 Å². The maximum Gasteiger partial charge on any atom is 0.234 e. The van der Waals surface area contributed by atoms with Crippen LogP contribution in [0.15, 0.2) is 35.9 Å². The van der Waals surface area contributed by atoms with Crippen LogP contribution in [0.25, 0.3) is 17.2 Å². The standard InChI is InChI=1S/C15H17N5OS/c1-4-22-14-16-7-5-10(18-14)11-9-17-13-19-12(15(2,3)21)6-8-20(11)13/h5-9,21H,4H2,1-3H3. The molecule has 0 unspecified atom stereocenters. The summed E-state index contributed by atoms with van der Waals surface area (Å²) in [6.07, 6.45) is 5.34. The Kier molecular flexibility index (Phi) is 3.84. The van der Waals surface area contributed by atoms with Crippen molar-refractivity contribution in [1.82, 2.24) is 24.3 Å². The fraction of sp³-hybridized carbons (Fsp3) is 0.333. The number of aromatic nitrogens is 5. The van der Waals surface area contributed by atoms with E-state index in [1.54, 1.807) is 44.1 Å². The van der Waals surface area contributed by atoms with E-state index >= 15 is 0 Å². The number of nitrogens with zero attached hydrogens (tertiary/aromatic N) is 5. The van der Waals surface area contributed by atoms with Crippen molar-refractivity contribution >= 4 is 17.5 Å². The van der Waals surface area contributed by atoms with Crippen LogP contribution >= 0.6 is 11.8 Å². The first kappa shape index (κ1) is 14.9. The quantitative estimate of drug-likeness (QED) is 0.589. The fourth-order valence-corrected chi connectivity index (χ4v) is 2.64. The van der Waals surface area contributed by atoms with Crippen molar-refractivity contribution in [1.29, 1.82) is 0 Å². The van der Waals surface area contributed by atoms with Gasteiger partial charge >= 0.3 is 0 Å². The smallest absolute Gasteiger partial charge is 0.234 e. The summed E-state index contributed by atoms with van der Waals surface area (Å²) < 4.78 is 1.86. The van der Waals surface area contributed by atoms with Crippen molar-refractivity contribution in [3.8, 4) is 11.4 Å². The molecule has 0 saturated heterocycles. The molecule has 0 atom stereocenters. The average molecular weight is 315 g/mol. The van der Waals surface area contributed by atoms with E-state index in [9.17, 15) is 5.11 Å². The molecule has 0 amide bonds. The molecule has 3 aromatic heterocycles. The minimum absolute atomic E-state index is 0.540. The molecule has 0 aromatic carbocycles. The van der Waals surface area contributed by atoms with E-state index in [-0.39, 0.29) is 0 Å². The molecule has 7 heteroatoms. The predicted molar refractivity (Wildman–Crippen MR) is 85.7 cm³/mol. The van der Waals surface area contributed by atoms with E-state index in [0.717, 1.165) is 22.3 Å². The molecule has 0 radical (unpaired) electrons. The first-order valence-electron chi connectivity index (χ1n) is 7.02. The van der Waals surface area contributed by atoms with Crippen LogP contribution < -0.4 is 0 Å². The zero-order chi connectivity index (χ0) is 15.7. The van der Waals surface area contributed by atoms with Gasteiger partial charge in [-0.25, -0.2) is 19.9 Å². The lowest BCUT2D eigenvalue weighted by atomic mass is 10.1. The first-order valence-corrected chi connectivity index (χ1v) is 8.01. The van der Waals surface area contributed by atoms with Gasteiger partial charge in [-0.1, -0.05) is 18.7 Å². The van der Waals surface area contributed by atoms with Crippen molar-refractivity contribution in [2.24, 2.45) is 0 Å². The lowest BCUT2D eigenvalue weighted by molar-refractivity contribution is 0.0739. The van der Waals surface area contributed by atoms with Crippen molar-refractivity contribution in [2.75, 3.05) is 5.75 Å². The Labute approximate surface area is 132 Å². The van der Waals surface area contributed by atoms with E-state index < -0.39 is 5.60 Å². The zero-order valence-corrected chi connectivity index (χ0v) is 13.5. The van der Waals surface area contributed by atoms with Gasteiger partial charge in [0.15, 0.2) is 5.16 Å². The molecule has 3 rings (SSSR count). The van der Waals surface area contributed by atoms with E-state index in [2.05, 4.69) is 26.9 Å². The highest BCUT2D eigenvalue weighted by molar-refractivity contribution is 7.99. The van der Waals surface area contributed by atoms with Gasteiger partial charge in [-0.05, 0) is 31.7 Å². The molecule has 0 aliphatic carbocycles. The van der Waals surface area contributed by atoms with Gasteiger partial charge in [0.05, 0.1) is 23.3 Å². The third-order valence-corrected chi connectivity index (χ3v) is 3.92. The maximum absolute atomic E-state index is 10.0. The van der Waals surface area contributed by atoms with E-state index in [1.807, 2.05) is 16.7 Å². The van der Waals surface area contributed by atoms with Crippen LogP contribution in [0.1, 0.15) is 26.5 Å². The number of fused-ring (bicyclic) bond motifs is 1. The minimum Gasteiger partial charge on any atom is -0.384 e. The molecule has 114 valence electrons. The third-order valence-electron chi connectivity index (χ3n) is 3.18. The highest BCUT2D eigenvalue weighted by Gasteiger charge is 2.19. The fourth-order valence-electron chi connectivity index (χ4n) is 2.08. The Balaban J connectivity index is 2.07. The topological polar surface area (TPSA) is 76.2 Å². The monoisotopic (exact) mass is 315 g/mol. The Morgan fingerprint density at radius 1 is 1.23 bits per heavy atom. The normalized spacial score (nSPS) is 12.0. The molecule has 0 bridgehead atoms. The summed E-state index contributed by atoms with van der Waals surface area (Å²) in [6.45, 7) is 5.47. The summed E-state index contributed by atoms with van der Waals surface area (Å²) in [5.41, 5.74) is 1.25. The van der Waals surface area contributed by atoms with Crippen LogP contribution in [-0.2, 0) is 5.60 Å². The second-order valence-electron chi connectivity index (χ2n) is 5.34. The van der Waals surface area contributed by atoms with Crippen LogP contribution in [0.2, 0.25) is 0 Å². The summed E-state index contributed by atoms with van der Waals surface area (Å²) in [5, 5.41) is 10.8. The minimum atomic E-state index is -0.992. The lowest BCUT2D eigenvalue weighted by Crippen LogP contribution is -2.18. The van der Waals surface area contributed by atoms with E-state index in [1.165, 1.54) is 0 Å². The highest BCUT2D eigenvalue weighted by atomic mass is 32.2. The molecule has 0 saturated carbocycles. The third kappa shape index (κ3) is 2.82. The van der Waals surface area contributed by atoms with Gasteiger partial charge in [0.1, 0.15) is 5.60 Å². The number of imidazole rings is 1. The maximum atomic E-state index is 10.0. The van der Waals surface area contributed by atoms with Crippen molar-refractivity contribution < 1.29 is 5.11 Å². The predicted octanol–water partition coefficient (Wildman–Crippen LogP) is 2.53. The second-order valence-corrected chi connectivity index (χ2v) is 6.57. The number of hydrogen-bond donors (Lipinski definition) is 1. The molecule has 1 N–H and O–H groups in total. The van der Waals surface area contributed by atoms with Crippen LogP contribution in [0.4, 0.5) is 0 Å². The summed E-state index contributed by atoms with van der Waals surface area (Å²) in [4.78, 5) is 17.5. The van der Waals surface area contributed by atoms with Crippen LogP contribution in [-0.4, -0.2) is 35.2 Å². The van der Waals surface area contributed by atoms with Crippen molar-refractivity contribution in [3.05, 3.63) is 36.4 Å². The molecule has 3 heterocycles. The average Bonchev–Trinajstić information content (AvgIpc) is 2.90. The molecule has 6 nitrogen and oxygen atoms in total. The second kappa shape index (κ2) is 5.66. The van der Waals surface area contributed by atoms with Gasteiger partial charge in [-0.2, -0.15) is 0 Å². The van der Waals surface area contributed by atoms with E-state index in [4.69, 9.17) is 0 Å². The molecular formula is C15H17N5OS. The number of rotatable bonds is 4. The summed E-state index contributed by atoms with van der Waals surface area (Å²) in [6, 6.07) is 3.65. The Morgan fingerprint density at radius 2 is 2.05 bits per heavy atom. The summed E-state index contributed by atoms with van der Waals surface area (Å²) in [5.74, 6) is 1.46. The van der Waals surface area contributed by atoms with Crippen molar-refractivity contribution in [3.63, 3.8) is 0 Å². The summed E-state index contributed by atoms with van der Waals surface area (Å²) >= 11 is 1.60. The van der Waals surface area contributed by atoms with Gasteiger partial charge in [0.2, 0.25) is 5.78 Å². The lowest BCUT2D eigenvalue weighted by Gasteiger charge is -2.16. The van der Waals surface area contributed by atoms with Crippen molar-refractivity contribution in [2.45, 2.75) is 31.5 Å². The highest BCUT2D eigenvalue weighted by Crippen LogP contribution is 2.23. The Bertz CT molecular complexity index is 809. The molecule has 22 heavy (non-hydrogen) atoms. The molecule has 3 aromatic rings. The first-order chi connectivity index (χ1) is 10.5. The number of thioether (sulfide) groups is 1. The van der Waals surface area contributed by atoms with Crippen LogP contribution in [0.5, 0.6) is 0 Å². The zero-order valence-electron chi connectivity index (χ0n) is 12.7. The molecule has 0 aliphatic rings. The molecule has 0 fully saturated rings.